The lowest BCUT2D eigenvalue weighted by Gasteiger charge is -2.26. The summed E-state index contributed by atoms with van der Waals surface area (Å²) in [6.07, 6.45) is 1.85. The monoisotopic (exact) mass is 386 g/mol. The van der Waals surface area contributed by atoms with Crippen LogP contribution in [0.4, 0.5) is 4.79 Å². The van der Waals surface area contributed by atoms with Gasteiger partial charge in [-0.1, -0.05) is 29.8 Å². The zero-order valence-corrected chi connectivity index (χ0v) is 16.3. The summed E-state index contributed by atoms with van der Waals surface area (Å²) in [6, 6.07) is 8.85. The number of carbonyl (C=O) groups is 2. The number of amides is 3. The number of aryl methyl sites for hydroxylation is 1. The fourth-order valence-corrected chi connectivity index (χ4v) is 3.28. The summed E-state index contributed by atoms with van der Waals surface area (Å²) < 4.78 is 0. The molecule has 0 aromatic heterocycles. The van der Waals surface area contributed by atoms with Crippen molar-refractivity contribution in [3.8, 4) is 6.07 Å². The van der Waals surface area contributed by atoms with Crippen molar-refractivity contribution in [2.45, 2.75) is 45.1 Å². The Morgan fingerprint density at radius 2 is 2.04 bits per heavy atom. The van der Waals surface area contributed by atoms with E-state index in [1.807, 2.05) is 37.3 Å². The van der Waals surface area contributed by atoms with Crippen molar-refractivity contribution in [3.63, 3.8) is 0 Å². The van der Waals surface area contributed by atoms with Crippen LogP contribution >= 0.6 is 0 Å². The first-order valence-corrected chi connectivity index (χ1v) is 9.48. The van der Waals surface area contributed by atoms with Crippen molar-refractivity contribution in [2.24, 2.45) is 5.92 Å². The molecule has 1 aromatic rings. The third kappa shape index (κ3) is 5.97. The van der Waals surface area contributed by atoms with E-state index in [0.717, 1.165) is 24.0 Å². The van der Waals surface area contributed by atoms with Gasteiger partial charge in [0, 0.05) is 19.1 Å². The highest BCUT2D eigenvalue weighted by atomic mass is 16.4. The summed E-state index contributed by atoms with van der Waals surface area (Å²) in [7, 11) is -1.70. The van der Waals surface area contributed by atoms with E-state index in [4.69, 9.17) is 5.26 Å². The predicted molar refractivity (Wildman–Crippen MR) is 105 cm³/mol. The van der Waals surface area contributed by atoms with Gasteiger partial charge in [-0.3, -0.25) is 4.79 Å². The van der Waals surface area contributed by atoms with Crippen LogP contribution in [-0.4, -0.2) is 59.1 Å². The van der Waals surface area contributed by atoms with Crippen LogP contribution in [0, 0.1) is 24.2 Å². The van der Waals surface area contributed by atoms with Crippen molar-refractivity contribution in [1.82, 2.24) is 15.5 Å². The summed E-state index contributed by atoms with van der Waals surface area (Å²) in [5, 5.41) is 33.4. The van der Waals surface area contributed by atoms with Crippen LogP contribution in [0.1, 0.15) is 30.9 Å². The molecule has 1 fully saturated rings. The number of benzene rings is 1. The summed E-state index contributed by atoms with van der Waals surface area (Å²) >= 11 is 0. The molecule has 1 aliphatic heterocycles. The standard InChI is InChI=1S/C19H27BN4O4/c1-13-5-7-15(8-6-13)10-17(20(27)28)23-19(26)22-12-16-4-3-9-24(16)18(25)14(2)11-21/h5-8,14,16-17,27-28H,3-4,9-10,12H2,1-2H3,(H2,22,23,26). The summed E-state index contributed by atoms with van der Waals surface area (Å²) in [5.41, 5.74) is 1.97. The quantitative estimate of drug-likeness (QED) is 0.504. The highest BCUT2D eigenvalue weighted by molar-refractivity contribution is 6.43. The number of rotatable bonds is 7. The maximum Gasteiger partial charge on any atom is 0.475 e. The molecule has 0 spiro atoms. The zero-order chi connectivity index (χ0) is 20.7. The zero-order valence-electron chi connectivity index (χ0n) is 16.3. The smallest absolute Gasteiger partial charge is 0.426 e. The fourth-order valence-electron chi connectivity index (χ4n) is 3.28. The Hall–Kier alpha value is -2.57. The van der Waals surface area contributed by atoms with Gasteiger partial charge in [0.1, 0.15) is 5.92 Å². The molecule has 0 radical (unpaired) electrons. The van der Waals surface area contributed by atoms with E-state index < -0.39 is 25.0 Å². The molecule has 3 atom stereocenters. The Morgan fingerprint density at radius 3 is 2.64 bits per heavy atom. The van der Waals surface area contributed by atoms with Gasteiger partial charge in [0.2, 0.25) is 5.91 Å². The van der Waals surface area contributed by atoms with Gasteiger partial charge in [-0.2, -0.15) is 5.26 Å². The Bertz CT molecular complexity index is 720. The Labute approximate surface area is 165 Å². The average Bonchev–Trinajstić information content (AvgIpc) is 3.14. The molecule has 0 saturated carbocycles. The number of likely N-dealkylation sites (tertiary alicyclic amines) is 1. The molecule has 1 aromatic carbocycles. The Balaban J connectivity index is 1.88. The fraction of sp³-hybridized carbons (Fsp3) is 0.526. The van der Waals surface area contributed by atoms with Crippen LogP contribution in [0.5, 0.6) is 0 Å². The van der Waals surface area contributed by atoms with Gasteiger partial charge < -0.3 is 25.6 Å². The van der Waals surface area contributed by atoms with E-state index in [-0.39, 0.29) is 24.9 Å². The third-order valence-corrected chi connectivity index (χ3v) is 4.98. The normalized spacial score (nSPS) is 18.1. The molecule has 1 heterocycles. The Kier molecular flexibility index (Phi) is 7.85. The molecule has 9 heteroatoms. The number of urea groups is 1. The van der Waals surface area contributed by atoms with Gasteiger partial charge in [0.05, 0.1) is 12.0 Å². The molecule has 1 aliphatic rings. The summed E-state index contributed by atoms with van der Waals surface area (Å²) in [6.45, 7) is 4.34. The maximum absolute atomic E-state index is 12.2. The minimum atomic E-state index is -1.70. The number of carbonyl (C=O) groups excluding carboxylic acids is 2. The first-order valence-electron chi connectivity index (χ1n) is 9.48. The SMILES string of the molecule is Cc1ccc(CC(NC(=O)NCC2CCCN2C(=O)C(C)C#N)B(O)O)cc1. The van der Waals surface area contributed by atoms with E-state index in [1.54, 1.807) is 11.8 Å². The summed E-state index contributed by atoms with van der Waals surface area (Å²) in [4.78, 5) is 26.1. The molecular formula is C19H27BN4O4. The van der Waals surface area contributed by atoms with Crippen molar-refractivity contribution in [3.05, 3.63) is 35.4 Å². The lowest BCUT2D eigenvalue weighted by molar-refractivity contribution is -0.134. The summed E-state index contributed by atoms with van der Waals surface area (Å²) in [5.74, 6) is -1.80. The van der Waals surface area contributed by atoms with E-state index in [9.17, 15) is 19.6 Å². The van der Waals surface area contributed by atoms with Crippen molar-refractivity contribution in [1.29, 1.82) is 5.26 Å². The van der Waals surface area contributed by atoms with E-state index in [2.05, 4.69) is 10.6 Å². The lowest BCUT2D eigenvalue weighted by Crippen LogP contribution is -2.53. The topological polar surface area (TPSA) is 126 Å². The van der Waals surface area contributed by atoms with Gasteiger partial charge in [-0.15, -0.1) is 0 Å². The molecule has 3 unspecified atom stereocenters. The number of nitriles is 1. The second-order valence-electron chi connectivity index (χ2n) is 7.24. The first-order chi connectivity index (χ1) is 13.3. The van der Waals surface area contributed by atoms with Crippen LogP contribution in [0.25, 0.3) is 0 Å². The lowest BCUT2D eigenvalue weighted by atomic mass is 9.76. The van der Waals surface area contributed by atoms with E-state index >= 15 is 0 Å². The second-order valence-corrected chi connectivity index (χ2v) is 7.24. The molecule has 4 N–H and O–H groups in total. The van der Waals surface area contributed by atoms with Crippen LogP contribution in [-0.2, 0) is 11.2 Å². The Morgan fingerprint density at radius 1 is 1.36 bits per heavy atom. The van der Waals surface area contributed by atoms with Crippen LogP contribution in [0.15, 0.2) is 24.3 Å². The van der Waals surface area contributed by atoms with Crippen LogP contribution < -0.4 is 10.6 Å². The van der Waals surface area contributed by atoms with Crippen molar-refractivity contribution >= 4 is 19.1 Å². The maximum atomic E-state index is 12.2. The highest BCUT2D eigenvalue weighted by Gasteiger charge is 2.32. The van der Waals surface area contributed by atoms with E-state index in [1.165, 1.54) is 0 Å². The number of hydrogen-bond donors (Lipinski definition) is 4. The minimum absolute atomic E-state index is 0.163. The van der Waals surface area contributed by atoms with E-state index in [0.29, 0.717) is 6.54 Å². The second kappa shape index (κ2) is 10.1. The molecule has 0 bridgehead atoms. The molecule has 8 nitrogen and oxygen atoms in total. The molecule has 3 amide bonds. The van der Waals surface area contributed by atoms with Crippen molar-refractivity contribution in [2.75, 3.05) is 13.1 Å². The van der Waals surface area contributed by atoms with Gasteiger partial charge in [-0.25, -0.2) is 4.79 Å². The molecule has 2 rings (SSSR count). The molecule has 28 heavy (non-hydrogen) atoms. The van der Waals surface area contributed by atoms with Crippen LogP contribution in [0.2, 0.25) is 0 Å². The molecule has 0 aliphatic carbocycles. The highest BCUT2D eigenvalue weighted by Crippen LogP contribution is 2.19. The first kappa shape index (κ1) is 21.7. The van der Waals surface area contributed by atoms with Gasteiger partial charge >= 0.3 is 13.1 Å². The van der Waals surface area contributed by atoms with Crippen LogP contribution in [0.3, 0.4) is 0 Å². The largest absolute Gasteiger partial charge is 0.475 e. The molecule has 150 valence electrons. The molecule has 1 saturated heterocycles. The van der Waals surface area contributed by atoms with Gasteiger partial charge in [0.15, 0.2) is 0 Å². The third-order valence-electron chi connectivity index (χ3n) is 4.98. The van der Waals surface area contributed by atoms with Gasteiger partial charge in [-0.05, 0) is 38.7 Å². The van der Waals surface area contributed by atoms with Crippen molar-refractivity contribution < 1.29 is 19.6 Å². The number of hydrogen-bond acceptors (Lipinski definition) is 5. The number of nitrogens with one attached hydrogen (secondary N) is 2. The molecular weight excluding hydrogens is 359 g/mol. The predicted octanol–water partition coefficient (Wildman–Crippen LogP) is 0.368. The van der Waals surface area contributed by atoms with Gasteiger partial charge in [0.25, 0.3) is 0 Å². The number of nitrogens with zero attached hydrogens (tertiary/aromatic N) is 2. The average molecular weight is 386 g/mol. The minimum Gasteiger partial charge on any atom is -0.426 e.